The predicted molar refractivity (Wildman–Crippen MR) is 89.3 cm³/mol. The van der Waals surface area contributed by atoms with E-state index in [4.69, 9.17) is 0 Å². The Bertz CT molecular complexity index is 754. The van der Waals surface area contributed by atoms with Crippen LogP contribution in [0.1, 0.15) is 36.2 Å². The fourth-order valence-corrected chi connectivity index (χ4v) is 4.06. The van der Waals surface area contributed by atoms with Crippen LogP contribution in [0.25, 0.3) is 10.9 Å². The zero-order valence-corrected chi connectivity index (χ0v) is 13.5. The van der Waals surface area contributed by atoms with E-state index in [0.29, 0.717) is 11.2 Å². The molecule has 3 atom stereocenters. The van der Waals surface area contributed by atoms with Gasteiger partial charge in [-0.3, -0.25) is 9.69 Å². The molecule has 1 amide bonds. The van der Waals surface area contributed by atoms with Crippen LogP contribution in [0.5, 0.6) is 0 Å². The smallest absolute Gasteiger partial charge is 0.268 e. The summed E-state index contributed by atoms with van der Waals surface area (Å²) in [5, 5.41) is 14.3. The topological polar surface area (TPSA) is 68.4 Å². The number of likely N-dealkylation sites (tertiary alicyclic amines) is 1. The molecule has 1 aliphatic heterocycles. The van der Waals surface area contributed by atoms with Crippen molar-refractivity contribution in [1.82, 2.24) is 15.2 Å². The normalized spacial score (nSPS) is 27.8. The first-order valence-electron chi connectivity index (χ1n) is 8.63. The van der Waals surface area contributed by atoms with E-state index in [1.165, 1.54) is 25.0 Å². The summed E-state index contributed by atoms with van der Waals surface area (Å²) in [6.45, 7) is 2.08. The first kappa shape index (κ1) is 15.6. The zero-order chi connectivity index (χ0) is 16.7. The average Bonchev–Trinajstić information content (AvgIpc) is 3.27. The maximum atomic E-state index is 13.3. The summed E-state index contributed by atoms with van der Waals surface area (Å²) < 4.78 is 13.3. The minimum Gasteiger partial charge on any atom is -0.389 e. The van der Waals surface area contributed by atoms with Crippen LogP contribution in [0.3, 0.4) is 0 Å². The molecule has 1 saturated carbocycles. The molecule has 128 valence electrons. The van der Waals surface area contributed by atoms with Crippen molar-refractivity contribution in [1.29, 1.82) is 0 Å². The molecule has 3 N–H and O–H groups in total. The van der Waals surface area contributed by atoms with Crippen molar-refractivity contribution in [3.63, 3.8) is 0 Å². The summed E-state index contributed by atoms with van der Waals surface area (Å²) in [6, 6.07) is 6.02. The quantitative estimate of drug-likeness (QED) is 0.806. The largest absolute Gasteiger partial charge is 0.389 e. The molecule has 1 saturated heterocycles. The van der Waals surface area contributed by atoms with Crippen LogP contribution in [-0.2, 0) is 0 Å². The third kappa shape index (κ3) is 2.80. The molecule has 6 heteroatoms. The Morgan fingerprint density at radius 3 is 2.83 bits per heavy atom. The van der Waals surface area contributed by atoms with Crippen LogP contribution in [-0.4, -0.2) is 52.2 Å². The summed E-state index contributed by atoms with van der Waals surface area (Å²) in [6.07, 6.45) is 3.53. The Balaban J connectivity index is 1.45. The van der Waals surface area contributed by atoms with Crippen LogP contribution in [0, 0.1) is 5.82 Å². The molecule has 4 rings (SSSR count). The van der Waals surface area contributed by atoms with Crippen molar-refractivity contribution in [3.8, 4) is 0 Å². The van der Waals surface area contributed by atoms with Crippen LogP contribution in [0.4, 0.5) is 4.39 Å². The molecule has 2 aromatic rings. The first-order chi connectivity index (χ1) is 11.6. The minimum atomic E-state index is -0.533. The van der Waals surface area contributed by atoms with Crippen molar-refractivity contribution < 1.29 is 14.3 Å². The maximum Gasteiger partial charge on any atom is 0.268 e. The number of aliphatic hydroxyl groups is 1. The number of aliphatic hydroxyl groups excluding tert-OH is 1. The van der Waals surface area contributed by atoms with E-state index in [1.807, 2.05) is 0 Å². The number of rotatable bonds is 3. The number of aromatic amines is 1. The van der Waals surface area contributed by atoms with E-state index in [1.54, 1.807) is 12.1 Å². The van der Waals surface area contributed by atoms with Gasteiger partial charge in [0.25, 0.3) is 5.91 Å². The Kier molecular flexibility index (Phi) is 4.02. The van der Waals surface area contributed by atoms with Crippen LogP contribution in [0.15, 0.2) is 24.3 Å². The number of nitrogens with one attached hydrogen (secondary N) is 2. The van der Waals surface area contributed by atoms with Gasteiger partial charge in [0.15, 0.2) is 0 Å². The van der Waals surface area contributed by atoms with Crippen LogP contribution >= 0.6 is 0 Å². The van der Waals surface area contributed by atoms with Gasteiger partial charge in [0.2, 0.25) is 0 Å². The molecule has 0 spiro atoms. The Hall–Kier alpha value is -1.92. The number of nitrogens with zero attached hydrogens (tertiary/aromatic N) is 1. The number of carbonyl (C=O) groups is 1. The second-order valence-electron chi connectivity index (χ2n) is 6.87. The number of fused-ring (bicyclic) bond motifs is 1. The number of benzene rings is 1. The summed E-state index contributed by atoms with van der Waals surface area (Å²) in [7, 11) is 0. The Labute approximate surface area is 139 Å². The molecular weight excluding hydrogens is 309 g/mol. The summed E-state index contributed by atoms with van der Waals surface area (Å²) in [4.78, 5) is 17.8. The zero-order valence-electron chi connectivity index (χ0n) is 13.5. The van der Waals surface area contributed by atoms with Gasteiger partial charge in [0.05, 0.1) is 12.1 Å². The second kappa shape index (κ2) is 6.18. The van der Waals surface area contributed by atoms with Gasteiger partial charge in [0, 0.05) is 16.9 Å². The number of H-pyrrole nitrogens is 1. The van der Waals surface area contributed by atoms with Gasteiger partial charge >= 0.3 is 0 Å². The van der Waals surface area contributed by atoms with Gasteiger partial charge in [0.1, 0.15) is 11.5 Å². The number of amides is 1. The summed E-state index contributed by atoms with van der Waals surface area (Å²) in [5.41, 5.74) is 0.995. The first-order valence-corrected chi connectivity index (χ1v) is 8.63. The SMILES string of the molecule is O=C(N[C@@H]1CC[C@@H](N2CCCC2)[C@@H]1O)c1cc2ccc(F)cc2[nH]1. The number of aromatic nitrogens is 1. The van der Waals surface area contributed by atoms with Gasteiger partial charge in [-0.25, -0.2) is 4.39 Å². The summed E-state index contributed by atoms with van der Waals surface area (Å²) >= 11 is 0. The predicted octanol–water partition coefficient (Wildman–Crippen LogP) is 2.02. The van der Waals surface area contributed by atoms with Gasteiger partial charge in [-0.1, -0.05) is 0 Å². The third-order valence-electron chi connectivity index (χ3n) is 5.34. The highest BCUT2D eigenvalue weighted by Gasteiger charge is 2.39. The molecule has 5 nitrogen and oxygen atoms in total. The van der Waals surface area contributed by atoms with Gasteiger partial charge in [-0.05, 0) is 63.0 Å². The monoisotopic (exact) mass is 331 g/mol. The molecule has 0 bridgehead atoms. The molecule has 0 radical (unpaired) electrons. The molecule has 1 aliphatic carbocycles. The highest BCUT2D eigenvalue weighted by molar-refractivity contribution is 5.98. The lowest BCUT2D eigenvalue weighted by Crippen LogP contribution is -2.47. The van der Waals surface area contributed by atoms with Crippen molar-refractivity contribution in [2.45, 2.75) is 43.9 Å². The fraction of sp³-hybridized carbons (Fsp3) is 0.500. The fourth-order valence-electron chi connectivity index (χ4n) is 4.06. The van der Waals surface area contributed by atoms with E-state index >= 15 is 0 Å². The molecule has 2 aliphatic rings. The van der Waals surface area contributed by atoms with E-state index < -0.39 is 6.10 Å². The van der Waals surface area contributed by atoms with Crippen LogP contribution < -0.4 is 5.32 Å². The maximum absolute atomic E-state index is 13.3. The molecular formula is C18H22FN3O2. The Morgan fingerprint density at radius 2 is 2.04 bits per heavy atom. The summed E-state index contributed by atoms with van der Waals surface area (Å²) in [5.74, 6) is -0.589. The number of hydrogen-bond donors (Lipinski definition) is 3. The Morgan fingerprint density at radius 1 is 1.25 bits per heavy atom. The third-order valence-corrected chi connectivity index (χ3v) is 5.34. The minimum absolute atomic E-state index is 0.148. The highest BCUT2D eigenvalue weighted by Crippen LogP contribution is 2.28. The van der Waals surface area contributed by atoms with Gasteiger partial charge in [-0.15, -0.1) is 0 Å². The van der Waals surface area contributed by atoms with E-state index in [0.717, 1.165) is 31.3 Å². The van der Waals surface area contributed by atoms with Crippen molar-refractivity contribution in [2.75, 3.05) is 13.1 Å². The number of hydrogen-bond acceptors (Lipinski definition) is 3. The highest BCUT2D eigenvalue weighted by atomic mass is 19.1. The van der Waals surface area contributed by atoms with Crippen molar-refractivity contribution in [3.05, 3.63) is 35.8 Å². The molecule has 1 aromatic heterocycles. The lowest BCUT2D eigenvalue weighted by atomic mass is 10.1. The molecule has 24 heavy (non-hydrogen) atoms. The molecule has 2 heterocycles. The van der Waals surface area contributed by atoms with Gasteiger partial charge < -0.3 is 15.4 Å². The van der Waals surface area contributed by atoms with E-state index in [2.05, 4.69) is 15.2 Å². The molecule has 0 unspecified atom stereocenters. The molecule has 2 fully saturated rings. The van der Waals surface area contributed by atoms with Crippen molar-refractivity contribution >= 4 is 16.8 Å². The van der Waals surface area contributed by atoms with Gasteiger partial charge in [-0.2, -0.15) is 0 Å². The molecule has 1 aromatic carbocycles. The van der Waals surface area contributed by atoms with E-state index in [9.17, 15) is 14.3 Å². The lowest BCUT2D eigenvalue weighted by Gasteiger charge is -2.28. The van der Waals surface area contributed by atoms with E-state index in [-0.39, 0.29) is 23.8 Å². The number of halogens is 1. The average molecular weight is 331 g/mol. The second-order valence-corrected chi connectivity index (χ2v) is 6.87. The number of carbonyl (C=O) groups excluding carboxylic acids is 1. The van der Waals surface area contributed by atoms with Crippen LogP contribution in [0.2, 0.25) is 0 Å². The standard InChI is InChI=1S/C18H22FN3O2/c19-12-4-3-11-9-15(20-14(11)10-12)18(24)21-13-5-6-16(17(13)23)22-7-1-2-8-22/h3-4,9-10,13,16-17,20,23H,1-2,5-8H2,(H,21,24)/t13-,16-,17-/m1/s1. The van der Waals surface area contributed by atoms with Crippen molar-refractivity contribution in [2.24, 2.45) is 0 Å². The lowest BCUT2D eigenvalue weighted by molar-refractivity contribution is 0.0618.